The summed E-state index contributed by atoms with van der Waals surface area (Å²) in [4.78, 5) is 26.6. The summed E-state index contributed by atoms with van der Waals surface area (Å²) in [5, 5.41) is 3.05. The molecule has 0 aliphatic heterocycles. The molecule has 0 atom stereocenters. The lowest BCUT2D eigenvalue weighted by Gasteiger charge is -2.30. The van der Waals surface area contributed by atoms with Gasteiger partial charge in [0, 0.05) is 23.7 Å². The number of amides is 1. The van der Waals surface area contributed by atoms with Crippen LogP contribution in [-0.2, 0) is 5.41 Å². The number of carbonyl (C=O) groups excluding carboxylic acids is 2. The fourth-order valence-electron chi connectivity index (χ4n) is 3.48. The Balaban J connectivity index is 1.72. The lowest BCUT2D eigenvalue weighted by molar-refractivity contribution is 0.0938. The zero-order chi connectivity index (χ0) is 16.3. The smallest absolute Gasteiger partial charge is 0.267 e. The Morgan fingerprint density at radius 1 is 1.17 bits per heavy atom. The van der Waals surface area contributed by atoms with E-state index in [-0.39, 0.29) is 17.1 Å². The monoisotopic (exact) mass is 310 g/mol. The van der Waals surface area contributed by atoms with E-state index in [1.165, 1.54) is 25.3 Å². The molecule has 0 spiro atoms. The third-order valence-corrected chi connectivity index (χ3v) is 4.87. The molecule has 0 saturated heterocycles. The van der Waals surface area contributed by atoms with Crippen LogP contribution >= 0.6 is 0 Å². The molecule has 1 amide bonds. The molecule has 1 heterocycles. The van der Waals surface area contributed by atoms with Crippen molar-refractivity contribution in [1.29, 1.82) is 0 Å². The van der Waals surface area contributed by atoms with Gasteiger partial charge in [-0.15, -0.1) is 0 Å². The second-order valence-corrected chi connectivity index (χ2v) is 6.39. The van der Waals surface area contributed by atoms with Crippen molar-refractivity contribution >= 4 is 11.7 Å². The average molecular weight is 310 g/mol. The van der Waals surface area contributed by atoms with E-state index >= 15 is 0 Å². The quantitative estimate of drug-likeness (QED) is 0.831. The Hall–Kier alpha value is -2.36. The third kappa shape index (κ3) is 3.21. The summed E-state index contributed by atoms with van der Waals surface area (Å²) in [6.07, 6.45) is 6.17. The van der Waals surface area contributed by atoms with Crippen molar-refractivity contribution in [2.24, 2.45) is 0 Å². The van der Waals surface area contributed by atoms with Gasteiger partial charge in [-0.1, -0.05) is 43.2 Å². The van der Waals surface area contributed by atoms with E-state index in [9.17, 15) is 9.59 Å². The van der Waals surface area contributed by atoms with Crippen molar-refractivity contribution in [2.75, 3.05) is 6.54 Å². The molecule has 120 valence electrons. The number of rotatable bonds is 5. The molecule has 1 aliphatic rings. The summed E-state index contributed by atoms with van der Waals surface area (Å²) in [5.74, 6) is -0.198. The molecule has 2 N–H and O–H groups in total. The number of aromatic amines is 1. The molecule has 1 aromatic carbocycles. The van der Waals surface area contributed by atoms with Gasteiger partial charge in [-0.2, -0.15) is 0 Å². The highest BCUT2D eigenvalue weighted by Crippen LogP contribution is 2.40. The number of H-pyrrole nitrogens is 1. The number of Topliss-reactive ketones (excluding diaryl/α,β-unsaturated/α-hetero) is 1. The van der Waals surface area contributed by atoms with Crippen LogP contribution in [0.25, 0.3) is 0 Å². The first-order valence-corrected chi connectivity index (χ1v) is 8.14. The minimum absolute atomic E-state index is 0.0346. The standard InChI is InChI=1S/C19H22N2O2/c1-14(22)15-11-17(20-12-15)18(23)21-13-19(9-5-6-10-19)16-7-3-2-4-8-16/h2-4,7-8,11-12,20H,5-6,9-10,13H2,1H3,(H,21,23). The molecule has 0 unspecified atom stereocenters. The van der Waals surface area contributed by atoms with Crippen LogP contribution in [0.15, 0.2) is 42.6 Å². The Morgan fingerprint density at radius 3 is 2.48 bits per heavy atom. The Bertz CT molecular complexity index is 697. The maximum absolute atomic E-state index is 12.4. The summed E-state index contributed by atoms with van der Waals surface area (Å²) < 4.78 is 0. The molecule has 23 heavy (non-hydrogen) atoms. The molecule has 4 nitrogen and oxygen atoms in total. The number of hydrogen-bond acceptors (Lipinski definition) is 2. The van der Waals surface area contributed by atoms with Gasteiger partial charge in [-0.05, 0) is 31.4 Å². The van der Waals surface area contributed by atoms with Crippen LogP contribution in [0.3, 0.4) is 0 Å². The van der Waals surface area contributed by atoms with E-state index < -0.39 is 0 Å². The highest BCUT2D eigenvalue weighted by molar-refractivity contribution is 5.99. The van der Waals surface area contributed by atoms with Gasteiger partial charge in [0.15, 0.2) is 5.78 Å². The molecular formula is C19H22N2O2. The molecule has 1 saturated carbocycles. The van der Waals surface area contributed by atoms with Crippen LogP contribution in [0, 0.1) is 0 Å². The van der Waals surface area contributed by atoms with Crippen LogP contribution in [0.2, 0.25) is 0 Å². The lowest BCUT2D eigenvalue weighted by atomic mass is 9.79. The second-order valence-electron chi connectivity index (χ2n) is 6.39. The van der Waals surface area contributed by atoms with Crippen LogP contribution in [0.4, 0.5) is 0 Å². The van der Waals surface area contributed by atoms with Gasteiger partial charge >= 0.3 is 0 Å². The molecule has 3 rings (SSSR count). The van der Waals surface area contributed by atoms with Gasteiger partial charge in [0.05, 0.1) is 0 Å². The van der Waals surface area contributed by atoms with E-state index in [4.69, 9.17) is 0 Å². The fraction of sp³-hybridized carbons (Fsp3) is 0.368. The van der Waals surface area contributed by atoms with E-state index in [1.807, 2.05) is 6.07 Å². The zero-order valence-corrected chi connectivity index (χ0v) is 13.4. The molecule has 2 aromatic rings. The molecular weight excluding hydrogens is 288 g/mol. The maximum Gasteiger partial charge on any atom is 0.267 e. The maximum atomic E-state index is 12.4. The van der Waals surface area contributed by atoms with E-state index in [2.05, 4.69) is 34.6 Å². The van der Waals surface area contributed by atoms with Gasteiger partial charge in [-0.25, -0.2) is 0 Å². The van der Waals surface area contributed by atoms with Crippen molar-refractivity contribution in [3.8, 4) is 0 Å². The van der Waals surface area contributed by atoms with Crippen LogP contribution in [0.5, 0.6) is 0 Å². The average Bonchev–Trinajstić information content (AvgIpc) is 3.24. The first-order valence-electron chi connectivity index (χ1n) is 8.14. The first-order chi connectivity index (χ1) is 11.1. The van der Waals surface area contributed by atoms with Crippen molar-refractivity contribution < 1.29 is 9.59 Å². The van der Waals surface area contributed by atoms with Crippen molar-refractivity contribution in [2.45, 2.75) is 38.0 Å². The summed E-state index contributed by atoms with van der Waals surface area (Å²) in [7, 11) is 0. The predicted octanol–water partition coefficient (Wildman–Crippen LogP) is 3.46. The van der Waals surface area contributed by atoms with Crippen molar-refractivity contribution in [3.05, 3.63) is 59.4 Å². The molecule has 1 aliphatic carbocycles. The van der Waals surface area contributed by atoms with Gasteiger partial charge in [0.1, 0.15) is 5.69 Å². The van der Waals surface area contributed by atoms with Crippen LogP contribution in [-0.4, -0.2) is 23.2 Å². The summed E-state index contributed by atoms with van der Waals surface area (Å²) in [5.41, 5.74) is 2.31. The number of carbonyl (C=O) groups is 2. The number of ketones is 1. The largest absolute Gasteiger partial charge is 0.356 e. The normalized spacial score (nSPS) is 16.2. The molecule has 4 heteroatoms. The van der Waals surface area contributed by atoms with Gasteiger partial charge in [0.25, 0.3) is 5.91 Å². The number of aromatic nitrogens is 1. The number of nitrogens with one attached hydrogen (secondary N) is 2. The highest BCUT2D eigenvalue weighted by Gasteiger charge is 2.35. The van der Waals surface area contributed by atoms with Gasteiger partial charge < -0.3 is 10.3 Å². The Labute approximate surface area is 136 Å². The van der Waals surface area contributed by atoms with Crippen molar-refractivity contribution in [3.63, 3.8) is 0 Å². The number of benzene rings is 1. The number of hydrogen-bond donors (Lipinski definition) is 2. The van der Waals surface area contributed by atoms with E-state index in [1.54, 1.807) is 12.3 Å². The van der Waals surface area contributed by atoms with Gasteiger partial charge in [0.2, 0.25) is 0 Å². The van der Waals surface area contributed by atoms with E-state index in [0.717, 1.165) is 12.8 Å². The fourth-order valence-corrected chi connectivity index (χ4v) is 3.48. The van der Waals surface area contributed by atoms with Gasteiger partial charge in [-0.3, -0.25) is 9.59 Å². The predicted molar refractivity (Wildman–Crippen MR) is 89.7 cm³/mol. The molecule has 0 radical (unpaired) electrons. The van der Waals surface area contributed by atoms with Crippen molar-refractivity contribution in [1.82, 2.24) is 10.3 Å². The molecule has 0 bridgehead atoms. The second kappa shape index (κ2) is 6.41. The van der Waals surface area contributed by atoms with Crippen LogP contribution in [0.1, 0.15) is 59.0 Å². The highest BCUT2D eigenvalue weighted by atomic mass is 16.2. The molecule has 1 fully saturated rings. The lowest BCUT2D eigenvalue weighted by Crippen LogP contribution is -2.39. The Kier molecular flexibility index (Phi) is 4.33. The zero-order valence-electron chi connectivity index (χ0n) is 13.4. The minimum Gasteiger partial charge on any atom is -0.356 e. The SMILES string of the molecule is CC(=O)c1c[nH]c(C(=O)NCC2(c3ccccc3)CCCC2)c1. The summed E-state index contributed by atoms with van der Waals surface area (Å²) >= 11 is 0. The minimum atomic E-state index is -0.153. The first kappa shape index (κ1) is 15.5. The topological polar surface area (TPSA) is 62.0 Å². The summed E-state index contributed by atoms with van der Waals surface area (Å²) in [6.45, 7) is 2.12. The third-order valence-electron chi connectivity index (χ3n) is 4.87. The van der Waals surface area contributed by atoms with E-state index in [0.29, 0.717) is 17.8 Å². The Morgan fingerprint density at radius 2 is 1.87 bits per heavy atom. The summed E-state index contributed by atoms with van der Waals surface area (Å²) in [6, 6.07) is 12.1. The molecule has 1 aromatic heterocycles. The van der Waals surface area contributed by atoms with Crippen LogP contribution < -0.4 is 5.32 Å².